The van der Waals surface area contributed by atoms with Gasteiger partial charge in [0, 0.05) is 5.39 Å². The zero-order valence-electron chi connectivity index (χ0n) is 7.41. The summed E-state index contributed by atoms with van der Waals surface area (Å²) in [5.74, 6) is -0.490. The molecule has 0 aliphatic heterocycles. The van der Waals surface area contributed by atoms with Gasteiger partial charge in [0.1, 0.15) is 11.1 Å². The number of hydrogen-bond acceptors (Lipinski definition) is 3. The molecular formula is C10H7ClO3. The van der Waals surface area contributed by atoms with Crippen molar-refractivity contribution >= 4 is 28.5 Å². The molecule has 0 atom stereocenters. The van der Waals surface area contributed by atoms with Gasteiger partial charge in [-0.25, -0.2) is 4.79 Å². The first-order valence-electron chi connectivity index (χ1n) is 3.98. The molecule has 2 rings (SSSR count). The molecule has 0 spiro atoms. The van der Waals surface area contributed by atoms with E-state index in [1.165, 1.54) is 13.4 Å². The molecule has 0 bridgehead atoms. The third-order valence-electron chi connectivity index (χ3n) is 1.96. The number of carbonyl (C=O) groups excluding carboxylic acids is 1. The number of ether oxygens (including phenoxy) is 1. The normalized spacial score (nSPS) is 10.4. The average Bonchev–Trinajstić information content (AvgIpc) is 2.64. The van der Waals surface area contributed by atoms with Crippen LogP contribution in [0, 0.1) is 0 Å². The van der Waals surface area contributed by atoms with Gasteiger partial charge in [-0.2, -0.15) is 0 Å². The lowest BCUT2D eigenvalue weighted by molar-refractivity contribution is 0.0602. The summed E-state index contributed by atoms with van der Waals surface area (Å²) in [6.07, 6.45) is 1.51. The second-order valence-corrected chi connectivity index (χ2v) is 3.16. The second kappa shape index (κ2) is 3.35. The zero-order chi connectivity index (χ0) is 10.1. The number of hydrogen-bond donors (Lipinski definition) is 0. The Hall–Kier alpha value is -1.48. The molecule has 0 unspecified atom stereocenters. The van der Waals surface area contributed by atoms with Crippen molar-refractivity contribution in [3.63, 3.8) is 0 Å². The summed E-state index contributed by atoms with van der Waals surface area (Å²) < 4.78 is 9.78. The van der Waals surface area contributed by atoms with E-state index in [-0.39, 0.29) is 5.56 Å². The smallest absolute Gasteiger partial charge is 0.343 e. The Labute approximate surface area is 85.2 Å². The summed E-state index contributed by atoms with van der Waals surface area (Å²) in [4.78, 5) is 11.4. The maximum absolute atomic E-state index is 11.4. The number of methoxy groups -OCH3 is 1. The zero-order valence-corrected chi connectivity index (χ0v) is 8.17. The summed E-state index contributed by atoms with van der Waals surface area (Å²) in [6.45, 7) is 0. The van der Waals surface area contributed by atoms with Crippen LogP contribution in [-0.2, 0) is 4.74 Å². The van der Waals surface area contributed by atoms with Gasteiger partial charge < -0.3 is 9.15 Å². The van der Waals surface area contributed by atoms with Gasteiger partial charge in [0.25, 0.3) is 0 Å². The largest absolute Gasteiger partial charge is 0.465 e. The summed E-state index contributed by atoms with van der Waals surface area (Å²) >= 11 is 5.87. The van der Waals surface area contributed by atoms with Crippen LogP contribution in [0.2, 0.25) is 5.02 Å². The number of esters is 1. The van der Waals surface area contributed by atoms with Crippen LogP contribution in [0.3, 0.4) is 0 Å². The van der Waals surface area contributed by atoms with E-state index in [4.69, 9.17) is 16.0 Å². The van der Waals surface area contributed by atoms with Crippen LogP contribution < -0.4 is 0 Å². The fourth-order valence-electron chi connectivity index (χ4n) is 1.30. The predicted molar refractivity (Wildman–Crippen MR) is 52.6 cm³/mol. The van der Waals surface area contributed by atoms with Crippen molar-refractivity contribution in [2.75, 3.05) is 7.11 Å². The van der Waals surface area contributed by atoms with Gasteiger partial charge in [-0.1, -0.05) is 11.6 Å². The van der Waals surface area contributed by atoms with E-state index in [2.05, 4.69) is 4.74 Å². The van der Waals surface area contributed by atoms with Gasteiger partial charge in [-0.3, -0.25) is 0 Å². The first kappa shape index (κ1) is 9.09. The highest BCUT2D eigenvalue weighted by molar-refractivity contribution is 6.35. The fourth-order valence-corrected chi connectivity index (χ4v) is 1.53. The minimum atomic E-state index is -0.490. The molecule has 0 fully saturated rings. The van der Waals surface area contributed by atoms with E-state index in [1.807, 2.05) is 0 Å². The molecule has 72 valence electrons. The average molecular weight is 211 g/mol. The Morgan fingerprint density at radius 3 is 2.93 bits per heavy atom. The number of carbonyl (C=O) groups is 1. The van der Waals surface area contributed by atoms with Crippen molar-refractivity contribution in [3.05, 3.63) is 35.0 Å². The molecule has 0 saturated heterocycles. The monoisotopic (exact) mass is 210 g/mol. The lowest BCUT2D eigenvalue weighted by Gasteiger charge is -2.01. The minimum Gasteiger partial charge on any atom is -0.465 e. The van der Waals surface area contributed by atoms with E-state index in [1.54, 1.807) is 18.2 Å². The van der Waals surface area contributed by atoms with Crippen LogP contribution in [0.15, 0.2) is 28.9 Å². The van der Waals surface area contributed by atoms with Crippen LogP contribution in [0.5, 0.6) is 0 Å². The topological polar surface area (TPSA) is 39.4 Å². The summed E-state index contributed by atoms with van der Waals surface area (Å²) in [5.41, 5.74) is 0.737. The van der Waals surface area contributed by atoms with E-state index in [0.29, 0.717) is 10.6 Å². The molecule has 1 aromatic carbocycles. The highest BCUT2D eigenvalue weighted by Crippen LogP contribution is 2.27. The molecule has 0 saturated carbocycles. The minimum absolute atomic E-state index is 0.275. The first-order chi connectivity index (χ1) is 6.74. The van der Waals surface area contributed by atoms with Crippen LogP contribution in [0.1, 0.15) is 10.4 Å². The predicted octanol–water partition coefficient (Wildman–Crippen LogP) is 2.87. The van der Waals surface area contributed by atoms with E-state index in [0.717, 1.165) is 5.39 Å². The maximum atomic E-state index is 11.4. The summed E-state index contributed by atoms with van der Waals surface area (Å²) in [7, 11) is 1.31. The summed E-state index contributed by atoms with van der Waals surface area (Å²) in [5, 5.41) is 1.16. The van der Waals surface area contributed by atoms with Crippen molar-refractivity contribution < 1.29 is 13.9 Å². The Morgan fingerprint density at radius 1 is 1.43 bits per heavy atom. The second-order valence-electron chi connectivity index (χ2n) is 2.75. The quantitative estimate of drug-likeness (QED) is 0.680. The molecule has 3 nitrogen and oxygen atoms in total. The Balaban J connectivity index is 2.76. The SMILES string of the molecule is COC(=O)c1c(Cl)ccc2ccoc12. The van der Waals surface area contributed by atoms with Gasteiger partial charge in [0.2, 0.25) is 0 Å². The first-order valence-corrected chi connectivity index (χ1v) is 4.36. The molecule has 0 amide bonds. The van der Waals surface area contributed by atoms with Crippen LogP contribution in [0.25, 0.3) is 11.0 Å². The van der Waals surface area contributed by atoms with Crippen molar-refractivity contribution in [3.8, 4) is 0 Å². The fraction of sp³-hybridized carbons (Fsp3) is 0.100. The van der Waals surface area contributed by atoms with Crippen LogP contribution in [-0.4, -0.2) is 13.1 Å². The standard InChI is InChI=1S/C10H7ClO3/c1-13-10(12)8-7(11)3-2-6-4-5-14-9(6)8/h2-5H,1H3. The highest BCUT2D eigenvalue weighted by Gasteiger charge is 2.16. The van der Waals surface area contributed by atoms with Crippen molar-refractivity contribution in [2.24, 2.45) is 0 Å². The Kier molecular flexibility index (Phi) is 2.17. The number of benzene rings is 1. The van der Waals surface area contributed by atoms with Gasteiger partial charge in [0.05, 0.1) is 18.4 Å². The Morgan fingerprint density at radius 2 is 2.21 bits per heavy atom. The lowest BCUT2D eigenvalue weighted by atomic mass is 10.1. The molecule has 0 radical (unpaired) electrons. The third-order valence-corrected chi connectivity index (χ3v) is 2.28. The van der Waals surface area contributed by atoms with E-state index < -0.39 is 5.97 Å². The highest BCUT2D eigenvalue weighted by atomic mass is 35.5. The van der Waals surface area contributed by atoms with Crippen molar-refractivity contribution in [2.45, 2.75) is 0 Å². The number of rotatable bonds is 1. The maximum Gasteiger partial charge on any atom is 0.343 e. The van der Waals surface area contributed by atoms with Crippen LogP contribution >= 0.6 is 11.6 Å². The van der Waals surface area contributed by atoms with Crippen molar-refractivity contribution in [1.29, 1.82) is 0 Å². The summed E-state index contributed by atoms with van der Waals surface area (Å²) in [6, 6.07) is 5.19. The molecule has 0 aliphatic carbocycles. The van der Waals surface area contributed by atoms with Crippen molar-refractivity contribution in [1.82, 2.24) is 0 Å². The molecule has 1 aromatic heterocycles. The lowest BCUT2D eigenvalue weighted by Crippen LogP contribution is -2.02. The molecule has 0 N–H and O–H groups in total. The molecule has 2 aromatic rings. The van der Waals surface area contributed by atoms with Crippen LogP contribution in [0.4, 0.5) is 0 Å². The third kappa shape index (κ3) is 1.26. The Bertz CT molecular complexity index is 487. The molecule has 0 aliphatic rings. The van der Waals surface area contributed by atoms with Gasteiger partial charge in [0.15, 0.2) is 0 Å². The van der Waals surface area contributed by atoms with E-state index in [9.17, 15) is 4.79 Å². The molecule has 1 heterocycles. The number of furan rings is 1. The number of fused-ring (bicyclic) bond motifs is 1. The molecule has 14 heavy (non-hydrogen) atoms. The van der Waals surface area contributed by atoms with Gasteiger partial charge in [-0.05, 0) is 18.2 Å². The molecular weight excluding hydrogens is 204 g/mol. The van der Waals surface area contributed by atoms with Gasteiger partial charge >= 0.3 is 5.97 Å². The van der Waals surface area contributed by atoms with E-state index >= 15 is 0 Å². The number of halogens is 1. The van der Waals surface area contributed by atoms with Gasteiger partial charge in [-0.15, -0.1) is 0 Å². The molecule has 4 heteroatoms.